The Morgan fingerprint density at radius 1 is 1.06 bits per heavy atom. The number of hydrogen-bond donors (Lipinski definition) is 1. The van der Waals surface area contributed by atoms with E-state index in [1.54, 1.807) is 36.4 Å². The lowest BCUT2D eigenvalue weighted by Gasteiger charge is -2.23. The lowest BCUT2D eigenvalue weighted by atomic mass is 9.98. The van der Waals surface area contributed by atoms with E-state index < -0.39 is 17.7 Å². The number of rotatable bonds is 5. The number of nitrogens with zero attached hydrogens (tertiary/aromatic N) is 1. The van der Waals surface area contributed by atoms with E-state index >= 15 is 0 Å². The van der Waals surface area contributed by atoms with E-state index in [9.17, 15) is 14.7 Å². The molecular weight excluding hydrogens is 406 g/mol. The average molecular weight is 431 g/mol. The van der Waals surface area contributed by atoms with Gasteiger partial charge >= 0.3 is 0 Å². The molecule has 0 saturated carbocycles. The maximum atomic E-state index is 13.1. The van der Waals surface area contributed by atoms with E-state index in [0.29, 0.717) is 22.8 Å². The van der Waals surface area contributed by atoms with Gasteiger partial charge in [-0.3, -0.25) is 14.5 Å². The van der Waals surface area contributed by atoms with Gasteiger partial charge in [-0.2, -0.15) is 0 Å². The van der Waals surface area contributed by atoms with Crippen LogP contribution in [0.4, 0.5) is 5.69 Å². The smallest absolute Gasteiger partial charge is 0.300 e. The first kappa shape index (κ1) is 21.4. The van der Waals surface area contributed by atoms with Crippen LogP contribution in [0.5, 0.6) is 5.75 Å². The molecule has 1 N–H and O–H groups in total. The number of aliphatic hydroxyl groups excluding tert-OH is 1. The Balaban J connectivity index is 1.86. The molecule has 32 heavy (non-hydrogen) atoms. The van der Waals surface area contributed by atoms with Gasteiger partial charge in [0, 0.05) is 11.3 Å². The normalized spacial score (nSPS) is 17.9. The lowest BCUT2D eigenvalue weighted by Crippen LogP contribution is -2.29. The molecule has 6 heteroatoms. The van der Waals surface area contributed by atoms with Crippen LogP contribution in [0.15, 0.2) is 70.9 Å². The Labute approximate surface area is 186 Å². The maximum Gasteiger partial charge on any atom is 0.300 e. The lowest BCUT2D eigenvalue weighted by molar-refractivity contribution is -0.132. The van der Waals surface area contributed by atoms with Crippen LogP contribution in [0.2, 0.25) is 0 Å². The van der Waals surface area contributed by atoms with E-state index in [1.165, 1.54) is 11.2 Å². The number of amides is 1. The maximum absolute atomic E-state index is 13.1. The molecule has 1 fully saturated rings. The van der Waals surface area contributed by atoms with Gasteiger partial charge in [-0.05, 0) is 81.3 Å². The van der Waals surface area contributed by atoms with E-state index in [-0.39, 0.29) is 17.4 Å². The molecule has 3 aromatic rings. The van der Waals surface area contributed by atoms with Gasteiger partial charge in [-0.25, -0.2) is 0 Å². The van der Waals surface area contributed by atoms with Crippen molar-refractivity contribution in [3.05, 3.63) is 88.9 Å². The van der Waals surface area contributed by atoms with Crippen molar-refractivity contribution in [3.63, 3.8) is 0 Å². The number of carbonyl (C=O) groups excluding carboxylic acids is 2. The SMILES string of the molecule is Cc1cccc(N2C(=O)C(=O)/C(=C(\O)c3ccc(OC(C)C)c(C)c3)C2c2ccco2)c1. The molecule has 164 valence electrons. The number of hydrogen-bond acceptors (Lipinski definition) is 5. The van der Waals surface area contributed by atoms with Crippen molar-refractivity contribution < 1.29 is 23.8 Å². The van der Waals surface area contributed by atoms with Crippen molar-refractivity contribution >= 4 is 23.1 Å². The fourth-order valence-corrected chi connectivity index (χ4v) is 3.93. The molecule has 1 amide bonds. The zero-order chi connectivity index (χ0) is 23.0. The van der Waals surface area contributed by atoms with Crippen LogP contribution >= 0.6 is 0 Å². The van der Waals surface area contributed by atoms with Gasteiger partial charge in [-0.15, -0.1) is 0 Å². The first-order chi connectivity index (χ1) is 15.3. The number of aryl methyl sites for hydroxylation is 2. The Hall–Kier alpha value is -3.80. The standard InChI is InChI=1S/C26H25NO5/c1-15(2)32-20-11-10-18(14-17(20)4)24(28)22-23(21-9-6-12-31-21)27(26(30)25(22)29)19-8-5-7-16(3)13-19/h5-15,23,28H,1-4H3/b24-22-. The molecule has 6 nitrogen and oxygen atoms in total. The fourth-order valence-electron chi connectivity index (χ4n) is 3.93. The van der Waals surface area contributed by atoms with Crippen LogP contribution in [0.1, 0.15) is 42.3 Å². The van der Waals surface area contributed by atoms with E-state index in [4.69, 9.17) is 9.15 Å². The summed E-state index contributed by atoms with van der Waals surface area (Å²) in [5.74, 6) is -0.636. The van der Waals surface area contributed by atoms with Gasteiger partial charge in [0.2, 0.25) is 0 Å². The Bertz CT molecular complexity index is 1210. The molecule has 0 bridgehead atoms. The van der Waals surface area contributed by atoms with Gasteiger partial charge in [0.25, 0.3) is 11.7 Å². The van der Waals surface area contributed by atoms with Gasteiger partial charge in [0.05, 0.1) is 17.9 Å². The van der Waals surface area contributed by atoms with E-state index in [2.05, 4.69) is 0 Å². The summed E-state index contributed by atoms with van der Waals surface area (Å²) < 4.78 is 11.4. The van der Waals surface area contributed by atoms with Crippen molar-refractivity contribution in [1.29, 1.82) is 0 Å². The Morgan fingerprint density at radius 2 is 1.84 bits per heavy atom. The summed E-state index contributed by atoms with van der Waals surface area (Å²) in [7, 11) is 0. The first-order valence-corrected chi connectivity index (χ1v) is 10.5. The van der Waals surface area contributed by atoms with Crippen molar-refractivity contribution in [3.8, 4) is 5.75 Å². The minimum atomic E-state index is -0.876. The largest absolute Gasteiger partial charge is 0.507 e. The van der Waals surface area contributed by atoms with Crippen molar-refractivity contribution in [1.82, 2.24) is 0 Å². The summed E-state index contributed by atoms with van der Waals surface area (Å²) in [6.07, 6.45) is 1.49. The van der Waals surface area contributed by atoms with Crippen LogP contribution in [0.3, 0.4) is 0 Å². The zero-order valence-corrected chi connectivity index (χ0v) is 18.5. The molecule has 4 rings (SSSR count). The van der Waals surface area contributed by atoms with Crippen molar-refractivity contribution in [2.75, 3.05) is 4.90 Å². The van der Waals surface area contributed by atoms with Crippen LogP contribution in [-0.2, 0) is 9.59 Å². The highest BCUT2D eigenvalue weighted by molar-refractivity contribution is 6.51. The highest BCUT2D eigenvalue weighted by Gasteiger charge is 2.48. The van der Waals surface area contributed by atoms with Gasteiger partial charge in [-0.1, -0.05) is 12.1 Å². The summed E-state index contributed by atoms with van der Waals surface area (Å²) in [6, 6.07) is 15.0. The second-order valence-corrected chi connectivity index (χ2v) is 8.17. The van der Waals surface area contributed by atoms with Gasteiger partial charge in [0.15, 0.2) is 0 Å². The quantitative estimate of drug-likeness (QED) is 0.336. The summed E-state index contributed by atoms with van der Waals surface area (Å²) in [5, 5.41) is 11.2. The molecule has 1 atom stereocenters. The Morgan fingerprint density at radius 3 is 2.47 bits per heavy atom. The van der Waals surface area contributed by atoms with Crippen LogP contribution in [0, 0.1) is 13.8 Å². The van der Waals surface area contributed by atoms with Crippen LogP contribution in [0.25, 0.3) is 5.76 Å². The molecular formula is C26H25NO5. The predicted octanol–water partition coefficient (Wildman–Crippen LogP) is 5.31. The summed E-state index contributed by atoms with van der Waals surface area (Å²) in [5.41, 5.74) is 2.73. The third-order valence-electron chi connectivity index (χ3n) is 5.35. The predicted molar refractivity (Wildman–Crippen MR) is 122 cm³/mol. The summed E-state index contributed by atoms with van der Waals surface area (Å²) in [4.78, 5) is 27.6. The topological polar surface area (TPSA) is 80.0 Å². The number of carbonyl (C=O) groups is 2. The molecule has 2 aromatic carbocycles. The number of furan rings is 1. The highest BCUT2D eigenvalue weighted by atomic mass is 16.5. The monoisotopic (exact) mass is 431 g/mol. The molecule has 2 heterocycles. The molecule has 1 aliphatic heterocycles. The first-order valence-electron chi connectivity index (χ1n) is 10.5. The fraction of sp³-hybridized carbons (Fsp3) is 0.231. The number of ketones is 1. The second-order valence-electron chi connectivity index (χ2n) is 8.17. The molecule has 0 radical (unpaired) electrons. The number of Topliss-reactive ketones (excluding diaryl/α,β-unsaturated/α-hetero) is 1. The van der Waals surface area contributed by atoms with Crippen molar-refractivity contribution in [2.24, 2.45) is 0 Å². The third kappa shape index (κ3) is 3.80. The number of anilines is 1. The third-order valence-corrected chi connectivity index (χ3v) is 5.35. The molecule has 1 aromatic heterocycles. The molecule has 1 unspecified atom stereocenters. The van der Waals surface area contributed by atoms with E-state index in [0.717, 1.165) is 11.1 Å². The minimum Gasteiger partial charge on any atom is -0.507 e. The number of benzene rings is 2. The average Bonchev–Trinajstić information content (AvgIpc) is 3.36. The summed E-state index contributed by atoms with van der Waals surface area (Å²) >= 11 is 0. The van der Waals surface area contributed by atoms with Gasteiger partial charge in [0.1, 0.15) is 23.3 Å². The van der Waals surface area contributed by atoms with Crippen LogP contribution in [-0.4, -0.2) is 22.9 Å². The minimum absolute atomic E-state index is 0.00625. The van der Waals surface area contributed by atoms with Crippen molar-refractivity contribution in [2.45, 2.75) is 39.8 Å². The molecule has 0 aliphatic carbocycles. The summed E-state index contributed by atoms with van der Waals surface area (Å²) in [6.45, 7) is 7.64. The molecule has 0 spiro atoms. The van der Waals surface area contributed by atoms with E-state index in [1.807, 2.05) is 45.9 Å². The van der Waals surface area contributed by atoms with Crippen LogP contribution < -0.4 is 9.64 Å². The zero-order valence-electron chi connectivity index (χ0n) is 18.5. The number of aliphatic hydroxyl groups is 1. The Kier molecular flexibility index (Phi) is 5.61. The number of ether oxygens (including phenoxy) is 1. The molecule has 1 saturated heterocycles. The molecule has 1 aliphatic rings. The second kappa shape index (κ2) is 8.38. The highest BCUT2D eigenvalue weighted by Crippen LogP contribution is 2.42. The van der Waals surface area contributed by atoms with Gasteiger partial charge < -0.3 is 14.3 Å².